The van der Waals surface area contributed by atoms with Crippen molar-refractivity contribution in [3.05, 3.63) is 0 Å². The topological polar surface area (TPSA) is 0 Å². The molecule has 0 atom stereocenters. The second kappa shape index (κ2) is 17.5. The van der Waals surface area contributed by atoms with E-state index >= 15 is 0 Å². The molecule has 0 aliphatic rings. The Morgan fingerprint density at radius 1 is 1.67 bits per heavy atom. The Hall–Kier alpha value is 0.616. The van der Waals surface area contributed by atoms with Gasteiger partial charge in [-0.05, 0) is 0 Å². The Balaban J connectivity index is -0.0000000450. The molecule has 0 saturated carbocycles. The van der Waals surface area contributed by atoms with E-state index in [-0.39, 0.29) is 35.5 Å². The van der Waals surface area contributed by atoms with Crippen LogP contribution in [0.1, 0.15) is 13.3 Å². The summed E-state index contributed by atoms with van der Waals surface area (Å²) in [7, 11) is 0. The molecule has 0 aromatic carbocycles. The Labute approximate surface area is 61.3 Å². The van der Waals surface area contributed by atoms with E-state index in [1.54, 1.807) is 0 Å². The molecule has 0 nitrogen and oxygen atoms in total. The van der Waals surface area contributed by atoms with Crippen LogP contribution in [0.2, 0.25) is 0 Å². The van der Waals surface area contributed by atoms with Gasteiger partial charge in [0.25, 0.3) is 0 Å². The first-order valence-electron chi connectivity index (χ1n) is 1.35. The van der Waals surface area contributed by atoms with Crippen LogP contribution in [0.15, 0.2) is 0 Å². The summed E-state index contributed by atoms with van der Waals surface area (Å²) in [4.78, 5) is 0. The third-order valence-electron chi connectivity index (χ3n) is 0.204. The average molecular weight is 114 g/mol. The van der Waals surface area contributed by atoms with E-state index in [1.807, 2.05) is 6.92 Å². The van der Waals surface area contributed by atoms with Crippen molar-refractivity contribution in [1.29, 1.82) is 0 Å². The molecule has 0 fully saturated rings. The summed E-state index contributed by atoms with van der Waals surface area (Å²) < 4.78 is 0. The van der Waals surface area contributed by atoms with Crippen LogP contribution >= 0.6 is 0 Å². The maximum Gasteiger partial charge on any atom is 2.00 e. The first-order chi connectivity index (χ1) is 1.91. The Morgan fingerprint density at radius 3 is 1.83 bits per heavy atom. The minimum Gasteiger partial charge on any atom is -1.00 e. The van der Waals surface area contributed by atoms with Crippen LogP contribution in [0.4, 0.5) is 0 Å². The largest absolute Gasteiger partial charge is 2.00 e. The minimum atomic E-state index is 0. The summed E-state index contributed by atoms with van der Waals surface area (Å²) >= 11 is 0. The summed E-state index contributed by atoms with van der Waals surface area (Å²) in [5.41, 5.74) is 0. The molecule has 0 aromatic rings. The van der Waals surface area contributed by atoms with Gasteiger partial charge >= 0.3 is 23.1 Å². The fraction of sp³-hybridized carbons (Fsp3) is 0.500. The summed E-state index contributed by atoms with van der Waals surface area (Å²) in [5, 5.41) is 0. The monoisotopic (exact) mass is 113 g/mol. The normalized spacial score (nSPS) is 3.33. The second-order valence-corrected chi connectivity index (χ2v) is 0.558. The third-order valence-corrected chi connectivity index (χ3v) is 0.204. The third kappa shape index (κ3) is 23.1. The molecule has 0 aromatic heterocycles. The fourth-order valence-electron chi connectivity index (χ4n) is 0. The first-order valence-corrected chi connectivity index (χ1v) is 1.35. The second-order valence-electron chi connectivity index (χ2n) is 0.558. The molecule has 0 rings (SSSR count). The minimum absolute atomic E-state index is 0. The molecule has 0 radical (unpaired) electrons. The zero-order valence-electron chi connectivity index (χ0n) is 3.87. The van der Waals surface area contributed by atoms with Gasteiger partial charge in [-0.2, -0.15) is 0 Å². The molecule has 0 saturated heterocycles. The molecule has 6 heavy (non-hydrogen) atoms. The van der Waals surface area contributed by atoms with Crippen LogP contribution in [0.25, 0.3) is 0 Å². The van der Waals surface area contributed by atoms with Crippen LogP contribution in [0.5, 0.6) is 0 Å². The quantitative estimate of drug-likeness (QED) is 0.244. The SMILES string of the molecule is C#CCC.[Cl-].[Mg+2]. The van der Waals surface area contributed by atoms with E-state index in [9.17, 15) is 0 Å². The van der Waals surface area contributed by atoms with Crippen molar-refractivity contribution in [1.82, 2.24) is 0 Å². The summed E-state index contributed by atoms with van der Waals surface area (Å²) in [6, 6.07) is 0. The predicted molar refractivity (Wildman–Crippen MR) is 24.9 cm³/mol. The number of rotatable bonds is 0. The van der Waals surface area contributed by atoms with Crippen molar-refractivity contribution >= 4 is 23.1 Å². The van der Waals surface area contributed by atoms with Gasteiger partial charge in [-0.3, -0.25) is 0 Å². The number of hydrogen-bond donors (Lipinski definition) is 0. The number of hydrogen-bond acceptors (Lipinski definition) is 0. The first kappa shape index (κ1) is 16.0. The average Bonchev–Trinajstić information content (AvgIpc) is 1.37. The zero-order chi connectivity index (χ0) is 3.41. The van der Waals surface area contributed by atoms with Crippen LogP contribution in [0.3, 0.4) is 0 Å². The predicted octanol–water partition coefficient (Wildman–Crippen LogP) is -2.35. The van der Waals surface area contributed by atoms with Gasteiger partial charge in [-0.25, -0.2) is 0 Å². The molecule has 30 valence electrons. The molecule has 0 aliphatic carbocycles. The van der Waals surface area contributed by atoms with Gasteiger partial charge < -0.3 is 12.4 Å². The smallest absolute Gasteiger partial charge is 1.00 e. The van der Waals surface area contributed by atoms with Crippen molar-refractivity contribution in [2.24, 2.45) is 0 Å². The van der Waals surface area contributed by atoms with Crippen molar-refractivity contribution in [2.45, 2.75) is 13.3 Å². The maximum atomic E-state index is 4.78. The van der Waals surface area contributed by atoms with E-state index in [0.29, 0.717) is 0 Å². The summed E-state index contributed by atoms with van der Waals surface area (Å²) in [6.07, 6.45) is 5.62. The van der Waals surface area contributed by atoms with Crippen molar-refractivity contribution in [2.75, 3.05) is 0 Å². The Morgan fingerprint density at radius 2 is 1.83 bits per heavy atom. The molecular weight excluding hydrogens is 108 g/mol. The molecular formula is C4H6ClMg+. The molecule has 0 unspecified atom stereocenters. The molecule has 0 aliphatic heterocycles. The molecule has 2 heteroatoms. The van der Waals surface area contributed by atoms with Gasteiger partial charge in [0.05, 0.1) is 0 Å². The van der Waals surface area contributed by atoms with Crippen LogP contribution in [-0.2, 0) is 0 Å². The number of halogens is 1. The summed E-state index contributed by atoms with van der Waals surface area (Å²) in [6.45, 7) is 1.94. The number of terminal acetylenes is 1. The Bertz CT molecular complexity index is 37.3. The zero-order valence-corrected chi connectivity index (χ0v) is 6.04. The van der Waals surface area contributed by atoms with Crippen LogP contribution in [-0.4, -0.2) is 23.1 Å². The maximum absolute atomic E-state index is 4.78. The molecule has 0 bridgehead atoms. The van der Waals surface area contributed by atoms with Gasteiger partial charge in [0.15, 0.2) is 0 Å². The van der Waals surface area contributed by atoms with E-state index in [0.717, 1.165) is 6.42 Å². The van der Waals surface area contributed by atoms with E-state index in [2.05, 4.69) is 5.92 Å². The van der Waals surface area contributed by atoms with E-state index in [1.165, 1.54) is 0 Å². The van der Waals surface area contributed by atoms with Gasteiger partial charge in [0, 0.05) is 6.42 Å². The molecule has 0 heterocycles. The van der Waals surface area contributed by atoms with Gasteiger partial charge in [0.2, 0.25) is 0 Å². The van der Waals surface area contributed by atoms with Crippen LogP contribution in [0, 0.1) is 12.3 Å². The van der Waals surface area contributed by atoms with E-state index in [4.69, 9.17) is 6.42 Å². The Kier molecular flexibility index (Phi) is 46.5. The van der Waals surface area contributed by atoms with Gasteiger partial charge in [0.1, 0.15) is 0 Å². The van der Waals surface area contributed by atoms with Gasteiger partial charge in [-0.15, -0.1) is 12.3 Å². The van der Waals surface area contributed by atoms with Crippen molar-refractivity contribution in [3.8, 4) is 12.3 Å². The van der Waals surface area contributed by atoms with E-state index < -0.39 is 0 Å². The van der Waals surface area contributed by atoms with Crippen molar-refractivity contribution in [3.63, 3.8) is 0 Å². The fourth-order valence-corrected chi connectivity index (χ4v) is 0. The molecule has 0 amide bonds. The van der Waals surface area contributed by atoms with Gasteiger partial charge in [-0.1, -0.05) is 6.92 Å². The summed E-state index contributed by atoms with van der Waals surface area (Å²) in [5.74, 6) is 2.43. The van der Waals surface area contributed by atoms with Crippen LogP contribution < -0.4 is 12.4 Å². The van der Waals surface area contributed by atoms with Crippen molar-refractivity contribution < 1.29 is 12.4 Å². The standard InChI is InChI=1S/C4H6.ClH.Mg/c1-3-4-2;;/h1H,4H2,2H3;1H;/q;;+2/p-1. The molecule has 0 spiro atoms. The molecule has 0 N–H and O–H groups in total.